The minimum atomic E-state index is -0.216. The summed E-state index contributed by atoms with van der Waals surface area (Å²) in [7, 11) is 0. The lowest BCUT2D eigenvalue weighted by Crippen LogP contribution is -2.50. The predicted molar refractivity (Wildman–Crippen MR) is 170 cm³/mol. The number of rotatable bonds is 1. The summed E-state index contributed by atoms with van der Waals surface area (Å²) in [5.74, 6) is 4.61. The van der Waals surface area contributed by atoms with Gasteiger partial charge in [0.1, 0.15) is 0 Å². The highest BCUT2D eigenvalue weighted by molar-refractivity contribution is 5.95. The molecule has 42 heavy (non-hydrogen) atoms. The number of aliphatic hydroxyl groups excluding tert-OH is 2. The van der Waals surface area contributed by atoms with E-state index in [-0.39, 0.29) is 23.0 Å². The van der Waals surface area contributed by atoms with Crippen LogP contribution in [0, 0.1) is 57.2 Å². The molecule has 0 aromatic heterocycles. The Morgan fingerprint density at radius 1 is 0.595 bits per heavy atom. The second-order valence-corrected chi connectivity index (χ2v) is 17.4. The van der Waals surface area contributed by atoms with Crippen molar-refractivity contribution < 1.29 is 10.2 Å². The van der Waals surface area contributed by atoms with Crippen LogP contribution in [0.1, 0.15) is 130 Å². The maximum Gasteiger partial charge on any atom is 0.0724 e. The van der Waals surface area contributed by atoms with Crippen LogP contribution >= 0.6 is 0 Å². The third-order valence-corrected chi connectivity index (χ3v) is 15.9. The molecule has 6 fully saturated rings. The molecule has 0 radical (unpaired) electrons. The molecule has 8 aliphatic carbocycles. The summed E-state index contributed by atoms with van der Waals surface area (Å²) in [6.07, 6.45) is 23.3. The van der Waals surface area contributed by atoms with E-state index in [4.69, 9.17) is 10.2 Å². The number of allylic oxidation sites excluding steroid dienone is 2. The maximum absolute atomic E-state index is 10.4. The Hall–Kier alpha value is -1.26. The lowest BCUT2D eigenvalue weighted by molar-refractivity contribution is -0.0250. The van der Waals surface area contributed by atoms with E-state index in [1.807, 2.05) is 0 Å². The summed E-state index contributed by atoms with van der Waals surface area (Å²) in [5, 5.41) is 31.2. The van der Waals surface area contributed by atoms with Gasteiger partial charge < -0.3 is 10.2 Å². The van der Waals surface area contributed by atoms with E-state index in [9.17, 15) is 10.2 Å². The van der Waals surface area contributed by atoms with Crippen LogP contribution in [-0.4, -0.2) is 33.8 Å². The van der Waals surface area contributed by atoms with Crippen molar-refractivity contribution in [1.29, 1.82) is 0 Å². The summed E-state index contributed by atoms with van der Waals surface area (Å²) in [6.45, 7) is 10.2. The molecule has 0 spiro atoms. The average Bonchev–Trinajstić information content (AvgIpc) is 3.48. The summed E-state index contributed by atoms with van der Waals surface area (Å²) in [6, 6.07) is 0. The van der Waals surface area contributed by atoms with Gasteiger partial charge in [0.15, 0.2) is 0 Å². The minimum Gasteiger partial charge on any atom is -0.393 e. The Labute approximate surface area is 254 Å². The molecule has 2 N–H and O–H groups in total. The molecule has 12 atom stereocenters. The number of nitrogens with zero attached hydrogens (tertiary/aromatic N) is 2. The van der Waals surface area contributed by atoms with E-state index in [2.05, 4.69) is 39.8 Å². The standard InChI is InChI=1S/C38H56N2O2/c1-35-17-13-25(41)21-23(35)5-7-27-29-9-11-33(37(29,3)19-15-31(27)35)39-40-34-12-10-30-28-8-6-24-22-26(42)14-18-36(24,2)32(28)16-20-38(30,34)4/h5,22,25-32,41-42H,6-21H2,1-4H3/b39-33-,40-34-/t25-,26+,27-,28+,29+,30-,31-,32-,35+,36+,37+,38+/m1/s1. The fourth-order valence-corrected chi connectivity index (χ4v) is 13.4. The summed E-state index contributed by atoms with van der Waals surface area (Å²) in [5.41, 5.74) is 7.02. The number of fused-ring (bicyclic) bond motifs is 10. The van der Waals surface area contributed by atoms with E-state index < -0.39 is 0 Å². The van der Waals surface area contributed by atoms with Crippen LogP contribution in [0.25, 0.3) is 0 Å². The Kier molecular flexibility index (Phi) is 6.47. The Morgan fingerprint density at radius 2 is 1.14 bits per heavy atom. The summed E-state index contributed by atoms with van der Waals surface area (Å²) >= 11 is 0. The van der Waals surface area contributed by atoms with Crippen LogP contribution in [0.15, 0.2) is 33.5 Å². The molecule has 8 rings (SSSR count). The molecule has 0 saturated heterocycles. The maximum atomic E-state index is 10.4. The SMILES string of the molecule is C[C@]12CC[C@H](O)C=C1CC[C@@H]1[C@H]2CC[C@]2(C)/C(=N\N=C3\CC[C@H]4[C@H]5CC=C6C[C@H](O)CC[C@]6(C)[C@@H]5CC[C@]34C)CC[C@H]12. The average molecular weight is 573 g/mol. The van der Waals surface area contributed by atoms with Gasteiger partial charge in [-0.1, -0.05) is 51.0 Å². The van der Waals surface area contributed by atoms with E-state index in [0.717, 1.165) is 67.6 Å². The van der Waals surface area contributed by atoms with Crippen LogP contribution in [0.4, 0.5) is 0 Å². The fourth-order valence-electron chi connectivity index (χ4n) is 13.4. The van der Waals surface area contributed by atoms with Gasteiger partial charge in [0.2, 0.25) is 0 Å². The van der Waals surface area contributed by atoms with Crippen LogP contribution in [-0.2, 0) is 0 Å². The zero-order valence-electron chi connectivity index (χ0n) is 26.9. The molecule has 0 heterocycles. The summed E-state index contributed by atoms with van der Waals surface area (Å²) < 4.78 is 0. The largest absolute Gasteiger partial charge is 0.393 e. The van der Waals surface area contributed by atoms with Crippen molar-refractivity contribution in [3.8, 4) is 0 Å². The van der Waals surface area contributed by atoms with E-state index in [0.29, 0.717) is 10.8 Å². The van der Waals surface area contributed by atoms with E-state index >= 15 is 0 Å². The van der Waals surface area contributed by atoms with Gasteiger partial charge in [0.05, 0.1) is 12.2 Å². The van der Waals surface area contributed by atoms with Gasteiger partial charge in [0.25, 0.3) is 0 Å². The van der Waals surface area contributed by atoms with Crippen molar-refractivity contribution in [2.75, 3.05) is 0 Å². The number of aliphatic hydroxyl groups is 2. The molecular weight excluding hydrogens is 516 g/mol. The highest BCUT2D eigenvalue weighted by Gasteiger charge is 2.60. The molecule has 8 aliphatic rings. The van der Waals surface area contributed by atoms with Gasteiger partial charge >= 0.3 is 0 Å². The smallest absolute Gasteiger partial charge is 0.0724 e. The highest BCUT2D eigenvalue weighted by atomic mass is 16.3. The molecule has 4 nitrogen and oxygen atoms in total. The molecule has 0 amide bonds. The summed E-state index contributed by atoms with van der Waals surface area (Å²) in [4.78, 5) is 0. The van der Waals surface area contributed by atoms with E-state index in [1.54, 1.807) is 11.1 Å². The lowest BCUT2D eigenvalue weighted by atomic mass is 9.47. The van der Waals surface area contributed by atoms with Crippen LogP contribution in [0.5, 0.6) is 0 Å². The Balaban J connectivity index is 1.02. The first-order valence-corrected chi connectivity index (χ1v) is 18.0. The van der Waals surface area contributed by atoms with Crippen molar-refractivity contribution in [3.05, 3.63) is 23.3 Å². The van der Waals surface area contributed by atoms with Gasteiger partial charge in [-0.05, 0) is 149 Å². The highest BCUT2D eigenvalue weighted by Crippen LogP contribution is 2.66. The van der Waals surface area contributed by atoms with Crippen molar-refractivity contribution in [2.24, 2.45) is 67.4 Å². The predicted octanol–water partition coefficient (Wildman–Crippen LogP) is 8.43. The quantitative estimate of drug-likeness (QED) is 0.245. The van der Waals surface area contributed by atoms with Gasteiger partial charge in [-0.2, -0.15) is 10.2 Å². The van der Waals surface area contributed by atoms with E-state index in [1.165, 1.54) is 82.1 Å². The first-order valence-electron chi connectivity index (χ1n) is 18.0. The first-order chi connectivity index (χ1) is 20.1. The minimum absolute atomic E-state index is 0.122. The second-order valence-electron chi connectivity index (χ2n) is 17.4. The Morgan fingerprint density at radius 3 is 1.83 bits per heavy atom. The van der Waals surface area contributed by atoms with Crippen LogP contribution < -0.4 is 0 Å². The molecule has 0 bridgehead atoms. The fraction of sp³-hybridized carbons (Fsp3) is 0.842. The van der Waals surface area contributed by atoms with Crippen molar-refractivity contribution in [3.63, 3.8) is 0 Å². The monoisotopic (exact) mass is 572 g/mol. The molecule has 0 aromatic rings. The zero-order valence-corrected chi connectivity index (χ0v) is 26.9. The molecular formula is C38H56N2O2. The van der Waals surface area contributed by atoms with Crippen LogP contribution in [0.2, 0.25) is 0 Å². The van der Waals surface area contributed by atoms with Gasteiger partial charge in [-0.3, -0.25) is 0 Å². The third-order valence-electron chi connectivity index (χ3n) is 15.9. The molecule has 0 aliphatic heterocycles. The van der Waals surface area contributed by atoms with Crippen molar-refractivity contribution in [2.45, 2.75) is 143 Å². The van der Waals surface area contributed by atoms with Gasteiger partial charge in [0, 0.05) is 22.3 Å². The lowest BCUT2D eigenvalue weighted by Gasteiger charge is -2.57. The molecule has 6 saturated carbocycles. The number of hydrogen-bond donors (Lipinski definition) is 2. The topological polar surface area (TPSA) is 65.2 Å². The Bertz CT molecular complexity index is 1260. The third kappa shape index (κ3) is 3.85. The molecule has 0 unspecified atom stereocenters. The zero-order chi connectivity index (χ0) is 29.1. The van der Waals surface area contributed by atoms with Gasteiger partial charge in [-0.15, -0.1) is 0 Å². The van der Waals surface area contributed by atoms with Crippen molar-refractivity contribution >= 4 is 11.4 Å². The first kappa shape index (κ1) is 28.2. The molecule has 230 valence electrons. The molecule has 0 aromatic carbocycles. The normalized spacial score (nSPS) is 55.1. The van der Waals surface area contributed by atoms with Crippen molar-refractivity contribution in [1.82, 2.24) is 0 Å². The molecule has 4 heteroatoms. The number of hydrogen-bond acceptors (Lipinski definition) is 4. The second kappa shape index (κ2) is 9.62. The van der Waals surface area contributed by atoms with Gasteiger partial charge in [-0.25, -0.2) is 0 Å². The van der Waals surface area contributed by atoms with Crippen LogP contribution in [0.3, 0.4) is 0 Å².